The van der Waals surface area contributed by atoms with Gasteiger partial charge in [0.15, 0.2) is 11.2 Å². The van der Waals surface area contributed by atoms with E-state index in [2.05, 4.69) is 0 Å². The van der Waals surface area contributed by atoms with E-state index < -0.39 is 17.1 Å². The topological polar surface area (TPSA) is 43.4 Å². The van der Waals surface area contributed by atoms with Gasteiger partial charge in [-0.1, -0.05) is 18.2 Å². The number of hydrogen-bond acceptors (Lipinski definition) is 3. The molecule has 0 radical (unpaired) electrons. The average Bonchev–Trinajstić information content (AvgIpc) is 2.18. The molecule has 1 rings (SSSR count). The first-order valence-corrected chi connectivity index (χ1v) is 4.46. The van der Waals surface area contributed by atoms with Crippen molar-refractivity contribution < 1.29 is 14.3 Å². The molecule has 1 atom stereocenters. The first-order chi connectivity index (χ1) is 6.61. The zero-order valence-corrected chi connectivity index (χ0v) is 8.32. The first-order valence-electron chi connectivity index (χ1n) is 4.02. The summed E-state index contributed by atoms with van der Waals surface area (Å²) in [6.07, 6.45) is 0. The highest BCUT2D eigenvalue weighted by molar-refractivity contribution is 6.40. The van der Waals surface area contributed by atoms with Crippen molar-refractivity contribution in [1.82, 2.24) is 0 Å². The first kappa shape index (κ1) is 10.7. The smallest absolute Gasteiger partial charge is 0.337 e. The third kappa shape index (κ3) is 2.85. The van der Waals surface area contributed by atoms with E-state index in [0.29, 0.717) is 5.75 Å². The second kappa shape index (κ2) is 4.77. The maximum Gasteiger partial charge on any atom is 0.337 e. The van der Waals surface area contributed by atoms with E-state index in [4.69, 9.17) is 16.3 Å². The van der Waals surface area contributed by atoms with Gasteiger partial charge >= 0.3 is 5.97 Å². The molecule has 0 saturated heterocycles. The maximum absolute atomic E-state index is 11.2. The van der Waals surface area contributed by atoms with Gasteiger partial charge in [0.05, 0.1) is 0 Å². The number of para-hydroxylation sites is 1. The lowest BCUT2D eigenvalue weighted by Crippen LogP contribution is -2.26. The Bertz CT molecular complexity index is 334. The Kier molecular flexibility index (Phi) is 3.65. The van der Waals surface area contributed by atoms with Crippen LogP contribution in [0.4, 0.5) is 0 Å². The Hall–Kier alpha value is -1.35. The normalized spacial score (nSPS) is 11.9. The zero-order chi connectivity index (χ0) is 10.6. The summed E-state index contributed by atoms with van der Waals surface area (Å²) < 4.78 is 4.85. The van der Waals surface area contributed by atoms with Crippen LogP contribution in [-0.4, -0.2) is 17.1 Å². The number of benzene rings is 1. The largest absolute Gasteiger partial charge is 0.425 e. The highest BCUT2D eigenvalue weighted by Crippen LogP contribution is 2.11. The van der Waals surface area contributed by atoms with Crippen LogP contribution in [0.15, 0.2) is 30.3 Å². The lowest BCUT2D eigenvalue weighted by atomic mass is 10.3. The Labute approximate surface area is 86.6 Å². The fourth-order valence-electron chi connectivity index (χ4n) is 0.822. The molecule has 74 valence electrons. The van der Waals surface area contributed by atoms with E-state index in [1.165, 1.54) is 6.92 Å². The predicted molar refractivity (Wildman–Crippen MR) is 52.4 cm³/mol. The number of hydrogen-bond donors (Lipinski definition) is 0. The van der Waals surface area contributed by atoms with Gasteiger partial charge < -0.3 is 4.74 Å². The number of ether oxygens (including phenoxy) is 1. The molecule has 0 N–H and O–H groups in total. The molecular formula is C10H9ClO3. The van der Waals surface area contributed by atoms with E-state index in [-0.39, 0.29) is 0 Å². The molecule has 14 heavy (non-hydrogen) atoms. The average molecular weight is 213 g/mol. The van der Waals surface area contributed by atoms with Crippen molar-refractivity contribution in [2.75, 3.05) is 0 Å². The summed E-state index contributed by atoms with van der Waals surface area (Å²) in [7, 11) is 0. The van der Waals surface area contributed by atoms with Crippen LogP contribution >= 0.6 is 11.6 Å². The van der Waals surface area contributed by atoms with Gasteiger partial charge in [-0.2, -0.15) is 0 Å². The number of halogens is 1. The van der Waals surface area contributed by atoms with Crippen LogP contribution < -0.4 is 4.74 Å². The zero-order valence-electron chi connectivity index (χ0n) is 7.57. The molecule has 0 aliphatic carbocycles. The second-order valence-corrected chi connectivity index (χ2v) is 3.14. The van der Waals surface area contributed by atoms with Crippen molar-refractivity contribution in [1.29, 1.82) is 0 Å². The molecule has 0 amide bonds. The van der Waals surface area contributed by atoms with Crippen LogP contribution in [0.3, 0.4) is 0 Å². The van der Waals surface area contributed by atoms with Crippen LogP contribution in [0.1, 0.15) is 6.92 Å². The van der Waals surface area contributed by atoms with E-state index in [1.807, 2.05) is 0 Å². The summed E-state index contributed by atoms with van der Waals surface area (Å²) in [6, 6.07) is 8.46. The highest BCUT2D eigenvalue weighted by Gasteiger charge is 2.22. The van der Waals surface area contributed by atoms with Crippen LogP contribution in [0.25, 0.3) is 0 Å². The fraction of sp³-hybridized carbons (Fsp3) is 0.200. The number of ketones is 1. The molecule has 1 aromatic carbocycles. The van der Waals surface area contributed by atoms with E-state index in [0.717, 1.165) is 0 Å². The van der Waals surface area contributed by atoms with Gasteiger partial charge in [0.2, 0.25) is 0 Å². The van der Waals surface area contributed by atoms with Crippen LogP contribution in [0.5, 0.6) is 5.75 Å². The van der Waals surface area contributed by atoms with Gasteiger partial charge in [-0.3, -0.25) is 4.79 Å². The summed E-state index contributed by atoms with van der Waals surface area (Å²) in [4.78, 5) is 21.9. The molecule has 0 aliphatic heterocycles. The molecule has 0 saturated carbocycles. The Morgan fingerprint density at radius 2 is 1.86 bits per heavy atom. The quantitative estimate of drug-likeness (QED) is 0.332. The summed E-state index contributed by atoms with van der Waals surface area (Å²) in [5.74, 6) is -0.789. The van der Waals surface area contributed by atoms with Crippen molar-refractivity contribution in [3.8, 4) is 5.75 Å². The monoisotopic (exact) mass is 212 g/mol. The Balaban J connectivity index is 2.62. The Morgan fingerprint density at radius 3 is 2.36 bits per heavy atom. The summed E-state index contributed by atoms with van der Waals surface area (Å²) in [5.41, 5.74) is 0. The predicted octanol–water partition coefficient (Wildman–Crippen LogP) is 1.79. The molecule has 0 bridgehead atoms. The Morgan fingerprint density at radius 1 is 1.29 bits per heavy atom. The van der Waals surface area contributed by atoms with Crippen molar-refractivity contribution >= 4 is 23.4 Å². The van der Waals surface area contributed by atoms with Gasteiger partial charge in [-0.25, -0.2) is 4.79 Å². The fourth-order valence-corrected chi connectivity index (χ4v) is 0.867. The number of alkyl halides is 1. The van der Waals surface area contributed by atoms with Gasteiger partial charge in [0.1, 0.15) is 5.75 Å². The standard InChI is InChI=1S/C10H9ClO3/c1-7(12)9(11)10(13)14-8-5-3-2-4-6-8/h2-6,9H,1H3. The van der Waals surface area contributed by atoms with Gasteiger partial charge in [0, 0.05) is 0 Å². The molecule has 0 aromatic heterocycles. The molecule has 0 heterocycles. The molecule has 0 spiro atoms. The van der Waals surface area contributed by atoms with Crippen molar-refractivity contribution in [2.24, 2.45) is 0 Å². The lowest BCUT2D eigenvalue weighted by Gasteiger charge is -2.05. The van der Waals surface area contributed by atoms with Crippen molar-refractivity contribution in [2.45, 2.75) is 12.3 Å². The molecule has 4 heteroatoms. The lowest BCUT2D eigenvalue weighted by molar-refractivity contribution is -0.136. The van der Waals surface area contributed by atoms with Crippen LogP contribution in [0.2, 0.25) is 0 Å². The molecule has 3 nitrogen and oxygen atoms in total. The van der Waals surface area contributed by atoms with Gasteiger partial charge in [0.25, 0.3) is 0 Å². The van der Waals surface area contributed by atoms with E-state index in [9.17, 15) is 9.59 Å². The third-order valence-electron chi connectivity index (χ3n) is 1.53. The SMILES string of the molecule is CC(=O)C(Cl)C(=O)Oc1ccccc1. The molecule has 0 aliphatic rings. The second-order valence-electron chi connectivity index (χ2n) is 2.71. The van der Waals surface area contributed by atoms with E-state index >= 15 is 0 Å². The number of carbonyl (C=O) groups is 2. The summed E-state index contributed by atoms with van der Waals surface area (Å²) in [6.45, 7) is 1.24. The third-order valence-corrected chi connectivity index (χ3v) is 2.01. The van der Waals surface area contributed by atoms with Crippen LogP contribution in [-0.2, 0) is 9.59 Å². The van der Waals surface area contributed by atoms with Gasteiger partial charge in [-0.15, -0.1) is 11.6 Å². The van der Waals surface area contributed by atoms with Crippen molar-refractivity contribution in [3.63, 3.8) is 0 Å². The minimum atomic E-state index is -1.23. The summed E-state index contributed by atoms with van der Waals surface area (Å²) in [5, 5.41) is -1.23. The van der Waals surface area contributed by atoms with E-state index in [1.54, 1.807) is 30.3 Å². The summed E-state index contributed by atoms with van der Waals surface area (Å²) >= 11 is 5.49. The van der Waals surface area contributed by atoms with Gasteiger partial charge in [-0.05, 0) is 19.1 Å². The number of rotatable bonds is 3. The minimum Gasteiger partial charge on any atom is -0.425 e. The van der Waals surface area contributed by atoms with Crippen molar-refractivity contribution in [3.05, 3.63) is 30.3 Å². The molecule has 0 fully saturated rings. The molecule has 1 unspecified atom stereocenters. The number of carbonyl (C=O) groups excluding carboxylic acids is 2. The van der Waals surface area contributed by atoms with Crippen LogP contribution in [0, 0.1) is 0 Å². The highest BCUT2D eigenvalue weighted by atomic mass is 35.5. The minimum absolute atomic E-state index is 0.379. The number of Topliss-reactive ketones (excluding diaryl/α,β-unsaturated/α-hetero) is 1. The number of esters is 1. The molecular weight excluding hydrogens is 204 g/mol. The molecule has 1 aromatic rings. The maximum atomic E-state index is 11.2.